The monoisotopic (exact) mass is 428 g/mol. The van der Waals surface area contributed by atoms with Gasteiger partial charge in [0.1, 0.15) is 18.1 Å². The maximum absolute atomic E-state index is 13.0. The molecule has 1 N–H and O–H groups in total. The van der Waals surface area contributed by atoms with Crippen LogP contribution in [0.4, 0.5) is 10.1 Å². The van der Waals surface area contributed by atoms with Crippen molar-refractivity contribution in [3.8, 4) is 5.75 Å². The number of ether oxygens (including phenoxy) is 1. The van der Waals surface area contributed by atoms with E-state index in [0.29, 0.717) is 18.2 Å². The van der Waals surface area contributed by atoms with Gasteiger partial charge in [-0.3, -0.25) is 14.2 Å². The predicted octanol–water partition coefficient (Wildman–Crippen LogP) is 3.93. The Labute approximate surface area is 174 Å². The minimum Gasteiger partial charge on any atom is -0.493 e. The first kappa shape index (κ1) is 18.4. The van der Waals surface area contributed by atoms with Crippen molar-refractivity contribution in [3.63, 3.8) is 0 Å². The molecule has 0 fully saturated rings. The SMILES string of the molecule is O=C(Cn1c2c(sc1=O)C1c3ccccc3OCC1CS2)Nc1ccc(F)cc1. The van der Waals surface area contributed by atoms with Crippen molar-refractivity contribution >= 4 is 34.7 Å². The molecule has 8 heteroatoms. The summed E-state index contributed by atoms with van der Waals surface area (Å²) in [6.45, 7) is 0.565. The predicted molar refractivity (Wildman–Crippen MR) is 112 cm³/mol. The standard InChI is InChI=1S/C21H17FN2O3S2/c22-13-5-7-14(8-6-13)23-17(25)9-24-20-19(29-21(24)26)18-12(11-28-20)10-27-16-4-2-1-3-15(16)18/h1-8,12,18H,9-11H2,(H,23,25). The third-order valence-corrected chi connectivity index (χ3v) is 7.70. The van der Waals surface area contributed by atoms with E-state index in [-0.39, 0.29) is 29.1 Å². The smallest absolute Gasteiger partial charge is 0.308 e. The molecule has 0 bridgehead atoms. The van der Waals surface area contributed by atoms with Crippen LogP contribution in [0.25, 0.3) is 0 Å². The first-order valence-corrected chi connectivity index (χ1v) is 11.0. The van der Waals surface area contributed by atoms with Gasteiger partial charge in [-0.25, -0.2) is 4.39 Å². The van der Waals surface area contributed by atoms with Crippen molar-refractivity contribution in [3.05, 3.63) is 74.5 Å². The molecule has 148 valence electrons. The fraction of sp³-hybridized carbons (Fsp3) is 0.238. The molecule has 0 spiro atoms. The molecule has 0 saturated heterocycles. The molecule has 2 unspecified atom stereocenters. The zero-order valence-corrected chi connectivity index (χ0v) is 16.9. The lowest BCUT2D eigenvalue weighted by Crippen LogP contribution is -2.31. The molecule has 2 aromatic carbocycles. The Hall–Kier alpha value is -2.58. The van der Waals surface area contributed by atoms with Gasteiger partial charge in [0.05, 0.1) is 11.6 Å². The van der Waals surface area contributed by atoms with Crippen molar-refractivity contribution < 1.29 is 13.9 Å². The molecule has 0 saturated carbocycles. The van der Waals surface area contributed by atoms with Gasteiger partial charge in [0.25, 0.3) is 0 Å². The van der Waals surface area contributed by atoms with E-state index in [1.807, 2.05) is 18.2 Å². The molecular formula is C21H17FN2O3S2. The number of fused-ring (bicyclic) bond motifs is 5. The van der Waals surface area contributed by atoms with Gasteiger partial charge < -0.3 is 10.1 Å². The first-order valence-electron chi connectivity index (χ1n) is 9.23. The second-order valence-corrected chi connectivity index (χ2v) is 9.08. The Balaban J connectivity index is 1.44. The van der Waals surface area contributed by atoms with Crippen molar-refractivity contribution in [1.29, 1.82) is 0 Å². The van der Waals surface area contributed by atoms with Crippen molar-refractivity contribution in [2.45, 2.75) is 17.5 Å². The van der Waals surface area contributed by atoms with Gasteiger partial charge in [-0.1, -0.05) is 29.5 Å². The number of rotatable bonds is 3. The molecule has 1 amide bonds. The van der Waals surface area contributed by atoms with E-state index in [1.165, 1.54) is 35.6 Å². The summed E-state index contributed by atoms with van der Waals surface area (Å²) in [4.78, 5) is 26.1. The number of hydrogen-bond acceptors (Lipinski definition) is 5. The van der Waals surface area contributed by atoms with Gasteiger partial charge in [0.2, 0.25) is 5.91 Å². The van der Waals surface area contributed by atoms with E-state index in [9.17, 15) is 14.0 Å². The van der Waals surface area contributed by atoms with E-state index in [2.05, 4.69) is 11.4 Å². The molecule has 2 aliphatic rings. The molecule has 0 radical (unpaired) electrons. The van der Waals surface area contributed by atoms with Crippen LogP contribution < -0.4 is 14.9 Å². The minimum atomic E-state index is -0.367. The van der Waals surface area contributed by atoms with Crippen molar-refractivity contribution in [2.75, 3.05) is 17.7 Å². The highest BCUT2D eigenvalue weighted by molar-refractivity contribution is 7.99. The number of nitrogens with one attached hydrogen (secondary N) is 1. The number of carbonyl (C=O) groups is 1. The largest absolute Gasteiger partial charge is 0.493 e. The lowest BCUT2D eigenvalue weighted by Gasteiger charge is -2.36. The average Bonchev–Trinajstić information content (AvgIpc) is 3.04. The van der Waals surface area contributed by atoms with Gasteiger partial charge in [-0.15, -0.1) is 11.8 Å². The van der Waals surface area contributed by atoms with Crippen LogP contribution in [0, 0.1) is 11.7 Å². The Kier molecular flexibility index (Phi) is 4.67. The van der Waals surface area contributed by atoms with Crippen LogP contribution in [-0.4, -0.2) is 22.8 Å². The molecule has 29 heavy (non-hydrogen) atoms. The van der Waals surface area contributed by atoms with Gasteiger partial charge in [-0.2, -0.15) is 0 Å². The van der Waals surface area contributed by atoms with Gasteiger partial charge in [-0.05, 0) is 30.3 Å². The summed E-state index contributed by atoms with van der Waals surface area (Å²) in [6, 6.07) is 13.5. The van der Waals surface area contributed by atoms with E-state index >= 15 is 0 Å². The number of halogens is 1. The highest BCUT2D eigenvalue weighted by Crippen LogP contribution is 2.50. The Bertz CT molecular complexity index is 1140. The number of thioether (sulfide) groups is 1. The Morgan fingerprint density at radius 2 is 2.00 bits per heavy atom. The third-order valence-electron chi connectivity index (χ3n) is 5.20. The number of benzene rings is 2. The normalized spacial score (nSPS) is 19.5. The second-order valence-electron chi connectivity index (χ2n) is 7.08. The van der Waals surface area contributed by atoms with Crippen molar-refractivity contribution in [1.82, 2.24) is 4.57 Å². The van der Waals surface area contributed by atoms with E-state index in [4.69, 9.17) is 4.74 Å². The number of para-hydroxylation sites is 1. The van der Waals surface area contributed by atoms with Gasteiger partial charge in [0.15, 0.2) is 0 Å². The highest BCUT2D eigenvalue weighted by Gasteiger charge is 2.39. The maximum Gasteiger partial charge on any atom is 0.308 e. The average molecular weight is 429 g/mol. The second kappa shape index (κ2) is 7.35. The lowest BCUT2D eigenvalue weighted by molar-refractivity contribution is -0.116. The lowest BCUT2D eigenvalue weighted by atomic mass is 9.84. The van der Waals surface area contributed by atoms with E-state index in [1.54, 1.807) is 16.3 Å². The Morgan fingerprint density at radius 3 is 2.83 bits per heavy atom. The van der Waals surface area contributed by atoms with Crippen LogP contribution >= 0.6 is 23.1 Å². The van der Waals surface area contributed by atoms with Crippen molar-refractivity contribution in [2.24, 2.45) is 5.92 Å². The molecule has 5 nitrogen and oxygen atoms in total. The number of anilines is 1. The number of thiazole rings is 1. The number of nitrogens with zero attached hydrogens (tertiary/aromatic N) is 1. The fourth-order valence-corrected chi connectivity index (χ4v) is 6.56. The summed E-state index contributed by atoms with van der Waals surface area (Å²) in [5.74, 6) is 1.45. The molecule has 1 aromatic heterocycles. The summed E-state index contributed by atoms with van der Waals surface area (Å²) in [5, 5.41) is 3.59. The number of amides is 1. The summed E-state index contributed by atoms with van der Waals surface area (Å²) >= 11 is 2.83. The van der Waals surface area contributed by atoms with Crippen LogP contribution in [0.15, 0.2) is 58.4 Å². The summed E-state index contributed by atoms with van der Waals surface area (Å²) in [5.41, 5.74) is 1.61. The van der Waals surface area contributed by atoms with Gasteiger partial charge in [0, 0.05) is 33.7 Å². The maximum atomic E-state index is 13.0. The molecule has 2 atom stereocenters. The molecular weight excluding hydrogens is 411 g/mol. The third kappa shape index (κ3) is 3.36. The number of hydrogen-bond donors (Lipinski definition) is 1. The quantitative estimate of drug-likeness (QED) is 0.687. The zero-order chi connectivity index (χ0) is 20.0. The molecule has 3 aromatic rings. The first-order chi connectivity index (χ1) is 14.1. The van der Waals surface area contributed by atoms with Crippen LogP contribution in [0.3, 0.4) is 0 Å². The minimum absolute atomic E-state index is 0.0649. The number of aromatic nitrogens is 1. The fourth-order valence-electron chi connectivity index (χ4n) is 3.87. The molecule has 2 aliphatic heterocycles. The Morgan fingerprint density at radius 1 is 1.21 bits per heavy atom. The van der Waals surface area contributed by atoms with E-state index < -0.39 is 0 Å². The number of carbonyl (C=O) groups excluding carboxylic acids is 1. The summed E-state index contributed by atoms with van der Waals surface area (Å²) < 4.78 is 20.5. The molecule has 3 heterocycles. The van der Waals surface area contributed by atoms with Crippen LogP contribution in [0.1, 0.15) is 16.4 Å². The van der Waals surface area contributed by atoms with Crippen LogP contribution in [-0.2, 0) is 11.3 Å². The summed E-state index contributed by atoms with van der Waals surface area (Å²) in [6.07, 6.45) is 0. The highest BCUT2D eigenvalue weighted by atomic mass is 32.2. The topological polar surface area (TPSA) is 60.3 Å². The van der Waals surface area contributed by atoms with Crippen LogP contribution in [0.5, 0.6) is 5.75 Å². The van der Waals surface area contributed by atoms with Crippen LogP contribution in [0.2, 0.25) is 0 Å². The zero-order valence-electron chi connectivity index (χ0n) is 15.3. The van der Waals surface area contributed by atoms with E-state index in [0.717, 1.165) is 27.0 Å². The van der Waals surface area contributed by atoms with Gasteiger partial charge >= 0.3 is 4.87 Å². The molecule has 0 aliphatic carbocycles. The summed E-state index contributed by atoms with van der Waals surface area (Å²) in [7, 11) is 0. The molecule has 5 rings (SSSR count).